The molecule has 10 atom stereocenters. The number of imidazole rings is 2. The number of nitriles is 1. The maximum Gasteiger partial charge on any atom is 0.695 e. The number of ether oxygens (including phenoxy) is 2. The molecule has 7 rings (SSSR count). The van der Waals surface area contributed by atoms with E-state index in [1.54, 1.807) is 44.2 Å². The van der Waals surface area contributed by atoms with Crippen LogP contribution >= 0.6 is 15.0 Å². The molecule has 5 N–H and O–H groups in total. The summed E-state index contributed by atoms with van der Waals surface area (Å²) in [6.07, 6.45) is -5.85. The number of H-pyrrole nitrogens is 1. The molecule has 76 heavy (non-hydrogen) atoms. The second-order valence-corrected chi connectivity index (χ2v) is 34.8. The van der Waals surface area contributed by atoms with E-state index in [4.69, 9.17) is 48.2 Å². The topological polar surface area (TPSA) is 321 Å². The number of aromatic amines is 1. The first-order valence-corrected chi connectivity index (χ1v) is 34.0. The molecule has 6 heterocycles. The first-order chi connectivity index (χ1) is 35.6. The molecule has 30 heteroatoms. The van der Waals surface area contributed by atoms with Gasteiger partial charge in [-0.25, -0.2) is 19.9 Å². The zero-order valence-corrected chi connectivity index (χ0v) is 48.9. The maximum atomic E-state index is 13.4. The summed E-state index contributed by atoms with van der Waals surface area (Å²) in [6.45, 7) is 18.0. The van der Waals surface area contributed by atoms with Gasteiger partial charge >= 0.3 is 15.0 Å². The highest BCUT2D eigenvalue weighted by Crippen LogP contribution is 2.56. The minimum absolute atomic E-state index is 0.0158. The maximum absolute atomic E-state index is 13.4. The molecule has 4 aromatic heterocycles. The van der Waals surface area contributed by atoms with E-state index in [1.807, 2.05) is 73.8 Å². The van der Waals surface area contributed by atoms with E-state index in [0.717, 1.165) is 0 Å². The van der Waals surface area contributed by atoms with Gasteiger partial charge in [0.05, 0.1) is 45.0 Å². The van der Waals surface area contributed by atoms with Gasteiger partial charge in [0, 0.05) is 16.0 Å². The molecule has 412 valence electrons. The van der Waals surface area contributed by atoms with E-state index in [-0.39, 0.29) is 52.2 Å². The smallest absolute Gasteiger partial charge is 0.408 e. The monoisotopic (exact) mass is 1150 g/mol. The third-order valence-corrected chi connectivity index (χ3v) is 25.6. The van der Waals surface area contributed by atoms with Crippen LogP contribution in [0.25, 0.3) is 22.3 Å². The molecule has 2 fully saturated rings. The lowest BCUT2D eigenvalue weighted by Crippen LogP contribution is -2.50. The van der Waals surface area contributed by atoms with Gasteiger partial charge in [-0.1, -0.05) is 73.6 Å². The third-order valence-electron chi connectivity index (χ3n) is 13.9. The summed E-state index contributed by atoms with van der Waals surface area (Å²) in [5.41, 5.74) is -0.0715. The Bertz CT molecular complexity index is 3070. The molecule has 5 aromatic rings. The van der Waals surface area contributed by atoms with E-state index in [9.17, 15) is 34.2 Å². The first-order valence-electron chi connectivity index (χ1n) is 24.4. The molecule has 2 aliphatic heterocycles. The number of carbonyl (C=O) groups excluding carboxylic acids is 2. The van der Waals surface area contributed by atoms with Crippen molar-refractivity contribution in [2.24, 2.45) is 5.92 Å². The van der Waals surface area contributed by atoms with Crippen LogP contribution in [0.1, 0.15) is 84.6 Å². The quantitative estimate of drug-likeness (QED) is 0.0281. The number of aromatic nitrogens is 8. The van der Waals surface area contributed by atoms with E-state index in [2.05, 4.69) is 40.5 Å². The fraction of sp³-hybridized carbons (Fsp3) is 0.587. The number of nitrogens with zero attached hydrogens (tertiary/aromatic N) is 8. The predicted octanol–water partition coefficient (Wildman–Crippen LogP) is 6.97. The third kappa shape index (κ3) is 12.9. The number of aliphatic hydroxyl groups is 1. The van der Waals surface area contributed by atoms with Crippen LogP contribution in [0.15, 0.2) is 54.1 Å². The second-order valence-electron chi connectivity index (χ2n) is 21.6. The molecule has 0 saturated carbocycles. The van der Waals surface area contributed by atoms with Gasteiger partial charge in [-0.05, 0) is 60.2 Å². The summed E-state index contributed by atoms with van der Waals surface area (Å²) in [4.78, 5) is 74.6. The Hall–Kier alpha value is -4.67. The van der Waals surface area contributed by atoms with Gasteiger partial charge in [0.2, 0.25) is 11.9 Å². The minimum Gasteiger partial charge on any atom is -0.408 e. The van der Waals surface area contributed by atoms with Crippen molar-refractivity contribution in [3.05, 3.63) is 65.2 Å². The van der Waals surface area contributed by atoms with Crippen LogP contribution in [0.2, 0.25) is 36.3 Å². The van der Waals surface area contributed by atoms with Gasteiger partial charge in [0.1, 0.15) is 36.8 Å². The molecule has 25 nitrogen and oxygen atoms in total. The summed E-state index contributed by atoms with van der Waals surface area (Å²) < 4.78 is 68.6. The Labute approximate surface area is 447 Å². The minimum atomic E-state index is -4.18. The van der Waals surface area contributed by atoms with Crippen molar-refractivity contribution in [1.82, 2.24) is 39.0 Å². The highest BCUT2D eigenvalue weighted by atomic mass is 32.5. The van der Waals surface area contributed by atoms with Crippen LogP contribution in [0.4, 0.5) is 11.8 Å². The fourth-order valence-electron chi connectivity index (χ4n) is 7.74. The summed E-state index contributed by atoms with van der Waals surface area (Å²) in [5.74, 6) is -1.38. The number of fused-ring (bicyclic) bond motifs is 2. The zero-order chi connectivity index (χ0) is 55.7. The molecular formula is C46H66N11O14P2SSi2+. The largest absolute Gasteiger partial charge is 0.695 e. The number of hydrogen-bond acceptors (Lipinski definition) is 20. The van der Waals surface area contributed by atoms with E-state index < -0.39 is 122 Å². The molecule has 0 bridgehead atoms. The molecule has 0 spiro atoms. The van der Waals surface area contributed by atoms with Gasteiger partial charge < -0.3 is 37.8 Å². The summed E-state index contributed by atoms with van der Waals surface area (Å²) in [6, 6.07) is 10.5. The summed E-state index contributed by atoms with van der Waals surface area (Å²) in [7, 11) is -8.90. The number of nitrogens with one attached hydrogen (secondary N) is 3. The molecule has 2 amide bonds. The van der Waals surface area contributed by atoms with Gasteiger partial charge in [-0.3, -0.25) is 38.3 Å². The van der Waals surface area contributed by atoms with Crippen LogP contribution < -0.4 is 16.2 Å². The molecule has 1 aromatic carbocycles. The standard InChI is InChI=1S/C46H65N11O14P2SSi2/c1-26(2)39(59)54-44-53-38-31(41(61)55-44)51-25-57(38)43-35(32(28(21-58)66-43)70-75(9,10)45(3,4)5)69-73(74,64-20-16-19-47)65-22-29-33(71-76(11,12)46(6,7)8)34(68-72(62)63)42(67-29)56-24-50-30-36(48-23-49-37(30)56)52-40(60)27-17-14-13-15-18-27/h13-15,17-18,23-26,28-29,32-35,42-43,58H,16,20-22H2,1-12H3,(H3-,48,49,52,53,54,55,59,60,61,62,63)/p+1/t28-,29-,32-,33-,34-,35-,42-,43-,73?/m1/s1. The van der Waals surface area contributed by atoms with Crippen molar-refractivity contribution in [2.75, 3.05) is 30.5 Å². The fourth-order valence-corrected chi connectivity index (χ4v) is 12.9. The SMILES string of the molecule is CC(C)C(=O)Nc1nc2c(ncn2[C@@H]2O[C@H](CO)[C@@H](O[Si](C)(C)C(C)(C)C)[C@H]2OP(=S)(OCCC#N)OC[C@H]2O[C@@H](n3cnc4c(NC(=O)c5ccccc5)ncnc43)[C@H](O[P+](=O)O)[C@@H]2O[Si](C)(C)C(C)(C)C)c(=O)[nH]1. The number of benzene rings is 1. The molecule has 2 unspecified atom stereocenters. The van der Waals surface area contributed by atoms with E-state index in [0.29, 0.717) is 5.56 Å². The van der Waals surface area contributed by atoms with Gasteiger partial charge in [0.15, 0.2) is 63.3 Å². The van der Waals surface area contributed by atoms with E-state index >= 15 is 0 Å². The van der Waals surface area contributed by atoms with Crippen LogP contribution in [0.3, 0.4) is 0 Å². The zero-order valence-electron chi connectivity index (χ0n) is 44.3. The van der Waals surface area contributed by atoms with Crippen LogP contribution in [0.5, 0.6) is 0 Å². The predicted molar refractivity (Wildman–Crippen MR) is 286 cm³/mol. The molecule has 2 aliphatic rings. The number of anilines is 2. The Balaban J connectivity index is 1.30. The van der Waals surface area contributed by atoms with Crippen molar-refractivity contribution in [3.63, 3.8) is 0 Å². The molecule has 2 saturated heterocycles. The van der Waals surface area contributed by atoms with E-state index in [1.165, 1.54) is 28.1 Å². The number of rotatable bonds is 21. The summed E-state index contributed by atoms with van der Waals surface area (Å²) >= 11 is 6.24. The lowest BCUT2D eigenvalue weighted by Gasteiger charge is -2.41. The normalized spacial score (nSPS) is 23.5. The highest BCUT2D eigenvalue weighted by Gasteiger charge is 2.57. The van der Waals surface area contributed by atoms with Crippen LogP contribution in [-0.4, -0.2) is 134 Å². The lowest BCUT2D eigenvalue weighted by molar-refractivity contribution is -0.118. The number of aliphatic hydroxyl groups excluding tert-OH is 1. The lowest BCUT2D eigenvalue weighted by atomic mass is 10.1. The van der Waals surface area contributed by atoms with Crippen molar-refractivity contribution < 1.29 is 60.6 Å². The number of hydrogen-bond donors (Lipinski definition) is 5. The van der Waals surface area contributed by atoms with Crippen LogP contribution in [-0.2, 0) is 57.6 Å². The molecular weight excluding hydrogens is 1080 g/mol. The van der Waals surface area contributed by atoms with Crippen LogP contribution in [0, 0.1) is 17.2 Å². The highest BCUT2D eigenvalue weighted by molar-refractivity contribution is 8.07. The van der Waals surface area contributed by atoms with Gasteiger partial charge in [-0.15, -0.1) is 9.42 Å². The molecule has 0 aliphatic carbocycles. The average molecular weight is 1150 g/mol. The van der Waals surface area contributed by atoms with Crippen molar-refractivity contribution in [2.45, 2.75) is 147 Å². The molecule has 0 radical (unpaired) electrons. The first kappa shape index (κ1) is 59.0. The Morgan fingerprint density at radius 1 is 0.882 bits per heavy atom. The summed E-state index contributed by atoms with van der Waals surface area (Å²) in [5, 5.41) is 25.3. The Morgan fingerprint density at radius 2 is 1.47 bits per heavy atom. The number of amides is 2. The van der Waals surface area contributed by atoms with Gasteiger partial charge in [0.25, 0.3) is 11.5 Å². The average Bonchev–Trinajstić information content (AvgIpc) is 4.12. The van der Waals surface area contributed by atoms with Crippen molar-refractivity contribution in [1.29, 1.82) is 5.26 Å². The van der Waals surface area contributed by atoms with Gasteiger partial charge in [-0.2, -0.15) is 10.2 Å². The van der Waals surface area contributed by atoms with Crippen molar-refractivity contribution >= 4 is 89.3 Å². The Morgan fingerprint density at radius 3 is 2.07 bits per heavy atom. The number of carbonyl (C=O) groups is 2. The van der Waals surface area contributed by atoms with Crippen molar-refractivity contribution in [3.8, 4) is 6.07 Å². The second kappa shape index (κ2) is 23.3. The Kier molecular flexibility index (Phi) is 18.1.